The lowest BCUT2D eigenvalue weighted by Crippen LogP contribution is -2.36. The molecule has 3 nitrogen and oxygen atoms in total. The number of nitrogens with zero attached hydrogens (tertiary/aromatic N) is 1. The van der Waals surface area contributed by atoms with E-state index >= 15 is 0 Å². The summed E-state index contributed by atoms with van der Waals surface area (Å²) in [5.74, 6) is 0. The molecule has 2 N–H and O–H groups in total. The van der Waals surface area contributed by atoms with E-state index < -0.39 is 5.60 Å². The van der Waals surface area contributed by atoms with Gasteiger partial charge in [-0.2, -0.15) is 0 Å². The molecule has 0 aromatic carbocycles. The van der Waals surface area contributed by atoms with Crippen LogP contribution in [0.15, 0.2) is 12.1 Å². The maximum Gasteiger partial charge on any atom is 0.102 e. The Labute approximate surface area is 100 Å². The summed E-state index contributed by atoms with van der Waals surface area (Å²) < 4.78 is 0. The van der Waals surface area contributed by atoms with Crippen LogP contribution in [-0.2, 0) is 13.0 Å². The van der Waals surface area contributed by atoms with E-state index in [0.29, 0.717) is 13.0 Å². The number of aliphatic hydroxyl groups excluding tert-OH is 1. The van der Waals surface area contributed by atoms with Gasteiger partial charge in [0.05, 0.1) is 6.61 Å². The minimum Gasteiger partial charge on any atom is -0.393 e. The first kappa shape index (κ1) is 12.0. The molecule has 0 amide bonds. The van der Waals surface area contributed by atoms with Crippen LogP contribution >= 0.6 is 11.3 Å². The van der Waals surface area contributed by atoms with Gasteiger partial charge in [-0.15, -0.1) is 11.3 Å². The van der Waals surface area contributed by atoms with Gasteiger partial charge in [0.1, 0.15) is 5.60 Å². The molecule has 0 aliphatic carbocycles. The van der Waals surface area contributed by atoms with E-state index in [-0.39, 0.29) is 6.61 Å². The average molecular weight is 241 g/mol. The van der Waals surface area contributed by atoms with Gasteiger partial charge in [-0.05, 0) is 25.0 Å². The summed E-state index contributed by atoms with van der Waals surface area (Å²) in [6.45, 7) is 4.39. The van der Waals surface area contributed by atoms with Crippen molar-refractivity contribution in [3.8, 4) is 0 Å². The molecule has 1 saturated heterocycles. The van der Waals surface area contributed by atoms with Crippen LogP contribution in [0.3, 0.4) is 0 Å². The molecule has 0 bridgehead atoms. The molecule has 16 heavy (non-hydrogen) atoms. The molecule has 2 rings (SSSR count). The highest BCUT2D eigenvalue weighted by Crippen LogP contribution is 2.25. The second-order valence-corrected chi connectivity index (χ2v) is 5.82. The molecule has 0 radical (unpaired) electrons. The van der Waals surface area contributed by atoms with Gasteiger partial charge < -0.3 is 10.2 Å². The molecule has 4 heteroatoms. The van der Waals surface area contributed by atoms with Gasteiger partial charge in [0.25, 0.3) is 0 Å². The fourth-order valence-electron chi connectivity index (χ4n) is 2.12. The lowest BCUT2D eigenvalue weighted by atomic mass is 10.1. The Bertz CT molecular complexity index is 353. The van der Waals surface area contributed by atoms with Crippen molar-refractivity contribution in [1.82, 2.24) is 4.90 Å². The summed E-state index contributed by atoms with van der Waals surface area (Å²) in [6, 6.07) is 4.34. The first-order valence-electron chi connectivity index (χ1n) is 5.78. The molecule has 0 spiro atoms. The highest BCUT2D eigenvalue weighted by atomic mass is 32.1. The predicted octanol–water partition coefficient (Wildman–Crippen LogP) is 1.24. The van der Waals surface area contributed by atoms with Crippen molar-refractivity contribution < 1.29 is 10.2 Å². The molecule has 90 valence electrons. The molecule has 0 saturated carbocycles. The van der Waals surface area contributed by atoms with Gasteiger partial charge in [0.2, 0.25) is 0 Å². The normalized spacial score (nSPS) is 26.4. The van der Waals surface area contributed by atoms with E-state index in [1.807, 2.05) is 11.3 Å². The van der Waals surface area contributed by atoms with Crippen LogP contribution in [0.25, 0.3) is 0 Å². The van der Waals surface area contributed by atoms with Gasteiger partial charge in [-0.1, -0.05) is 6.92 Å². The summed E-state index contributed by atoms with van der Waals surface area (Å²) in [5.41, 5.74) is -0.870. The van der Waals surface area contributed by atoms with Crippen molar-refractivity contribution in [3.63, 3.8) is 0 Å². The number of hydrogen-bond donors (Lipinski definition) is 2. The maximum atomic E-state index is 9.91. The third-order valence-electron chi connectivity index (χ3n) is 3.15. The molecular weight excluding hydrogens is 222 g/mol. The summed E-state index contributed by atoms with van der Waals surface area (Å²) in [7, 11) is 0. The monoisotopic (exact) mass is 241 g/mol. The minimum atomic E-state index is -0.870. The number of thiophene rings is 1. The van der Waals surface area contributed by atoms with E-state index in [1.165, 1.54) is 9.75 Å². The van der Waals surface area contributed by atoms with Crippen LogP contribution in [0.4, 0.5) is 0 Å². The molecule has 1 aromatic rings. The molecule has 0 unspecified atom stereocenters. The second kappa shape index (κ2) is 4.84. The second-order valence-electron chi connectivity index (χ2n) is 4.56. The van der Waals surface area contributed by atoms with Crippen LogP contribution in [0.5, 0.6) is 0 Å². The Hall–Kier alpha value is -0.420. The Morgan fingerprint density at radius 2 is 2.19 bits per heavy atom. The van der Waals surface area contributed by atoms with Crippen molar-refractivity contribution in [3.05, 3.63) is 21.9 Å². The van der Waals surface area contributed by atoms with Crippen molar-refractivity contribution in [2.24, 2.45) is 0 Å². The summed E-state index contributed by atoms with van der Waals surface area (Å²) in [6.07, 6.45) is 1.76. The van der Waals surface area contributed by atoms with E-state index in [0.717, 1.165) is 19.5 Å². The van der Waals surface area contributed by atoms with Gasteiger partial charge in [-0.25, -0.2) is 0 Å². The lowest BCUT2D eigenvalue weighted by Gasteiger charge is -2.20. The van der Waals surface area contributed by atoms with Crippen LogP contribution in [0.2, 0.25) is 0 Å². The molecule has 1 fully saturated rings. The van der Waals surface area contributed by atoms with Gasteiger partial charge in [0, 0.05) is 29.4 Å². The third-order valence-corrected chi connectivity index (χ3v) is 4.37. The number of β-amino-alcohol motifs (C(OH)–C–C–N with tert-alkyl or cyclic N) is 1. The molecule has 1 aromatic heterocycles. The standard InChI is InChI=1S/C12H19NO2S/c1-2-10-3-4-11(16-10)7-13-6-5-12(15,8-13)9-14/h3-4,14-15H,2,5-9H2,1H3/t12-/m1/s1. The predicted molar refractivity (Wildman–Crippen MR) is 65.6 cm³/mol. The number of aliphatic hydroxyl groups is 2. The average Bonchev–Trinajstić information content (AvgIpc) is 2.87. The smallest absolute Gasteiger partial charge is 0.102 e. The quantitative estimate of drug-likeness (QED) is 0.833. The van der Waals surface area contributed by atoms with Crippen molar-refractivity contribution in [1.29, 1.82) is 0 Å². The topological polar surface area (TPSA) is 43.7 Å². The fourth-order valence-corrected chi connectivity index (χ4v) is 3.12. The Balaban J connectivity index is 1.91. The van der Waals surface area contributed by atoms with E-state index in [1.54, 1.807) is 0 Å². The SMILES string of the molecule is CCc1ccc(CN2CC[C@](O)(CO)C2)s1. The Morgan fingerprint density at radius 3 is 2.75 bits per heavy atom. The van der Waals surface area contributed by atoms with E-state index in [9.17, 15) is 5.11 Å². The summed E-state index contributed by atoms with van der Waals surface area (Å²) >= 11 is 1.84. The highest BCUT2D eigenvalue weighted by Gasteiger charge is 2.35. The Morgan fingerprint density at radius 1 is 1.44 bits per heavy atom. The number of hydrogen-bond acceptors (Lipinski definition) is 4. The van der Waals surface area contributed by atoms with E-state index in [2.05, 4.69) is 24.0 Å². The zero-order valence-corrected chi connectivity index (χ0v) is 10.5. The van der Waals surface area contributed by atoms with Crippen LogP contribution in [0, 0.1) is 0 Å². The number of rotatable bonds is 4. The first-order valence-corrected chi connectivity index (χ1v) is 6.60. The lowest BCUT2D eigenvalue weighted by molar-refractivity contribution is -0.00574. The zero-order chi connectivity index (χ0) is 11.6. The molecule has 1 atom stereocenters. The first-order chi connectivity index (χ1) is 7.65. The molecule has 2 heterocycles. The van der Waals surface area contributed by atoms with Gasteiger partial charge in [0.15, 0.2) is 0 Å². The number of likely N-dealkylation sites (tertiary alicyclic amines) is 1. The molecular formula is C12H19NO2S. The largest absolute Gasteiger partial charge is 0.393 e. The van der Waals surface area contributed by atoms with Crippen LogP contribution < -0.4 is 0 Å². The number of aryl methyl sites for hydroxylation is 1. The van der Waals surface area contributed by atoms with Gasteiger partial charge >= 0.3 is 0 Å². The van der Waals surface area contributed by atoms with Crippen molar-refractivity contribution in [2.45, 2.75) is 31.9 Å². The van der Waals surface area contributed by atoms with Crippen molar-refractivity contribution >= 4 is 11.3 Å². The molecule has 1 aliphatic heterocycles. The fraction of sp³-hybridized carbons (Fsp3) is 0.667. The molecule has 1 aliphatic rings. The third kappa shape index (κ3) is 2.63. The maximum absolute atomic E-state index is 9.91. The summed E-state index contributed by atoms with van der Waals surface area (Å²) in [5, 5.41) is 19.0. The summed E-state index contributed by atoms with van der Waals surface area (Å²) in [4.78, 5) is 4.97. The van der Waals surface area contributed by atoms with E-state index in [4.69, 9.17) is 5.11 Å². The minimum absolute atomic E-state index is 0.131. The van der Waals surface area contributed by atoms with Crippen molar-refractivity contribution in [2.75, 3.05) is 19.7 Å². The highest BCUT2D eigenvalue weighted by molar-refractivity contribution is 7.11. The Kier molecular flexibility index (Phi) is 3.64. The zero-order valence-electron chi connectivity index (χ0n) is 9.65. The van der Waals surface area contributed by atoms with Crippen LogP contribution in [0.1, 0.15) is 23.1 Å². The van der Waals surface area contributed by atoms with Gasteiger partial charge in [-0.3, -0.25) is 4.90 Å². The van der Waals surface area contributed by atoms with Crippen LogP contribution in [-0.4, -0.2) is 40.4 Å².